The third kappa shape index (κ3) is 1.68. The molecule has 15 heavy (non-hydrogen) atoms. The summed E-state index contributed by atoms with van der Waals surface area (Å²) in [5, 5.41) is 36.3. The van der Waals surface area contributed by atoms with E-state index in [1.165, 1.54) is 6.92 Å². The van der Waals surface area contributed by atoms with E-state index in [1.54, 1.807) is 12.1 Å². The van der Waals surface area contributed by atoms with Crippen LogP contribution in [0.15, 0.2) is 6.07 Å². The van der Waals surface area contributed by atoms with Crippen molar-refractivity contribution in [2.45, 2.75) is 6.92 Å². The smallest absolute Gasteiger partial charge is 0.138 e. The summed E-state index contributed by atoms with van der Waals surface area (Å²) in [5.74, 6) is 4.26. The molecule has 0 heterocycles. The summed E-state index contributed by atoms with van der Waals surface area (Å²) in [7, 11) is 0. The second-order valence-electron chi connectivity index (χ2n) is 2.64. The zero-order valence-corrected chi connectivity index (χ0v) is 7.87. The van der Waals surface area contributed by atoms with E-state index in [-0.39, 0.29) is 28.2 Å². The van der Waals surface area contributed by atoms with Gasteiger partial charge in [0.05, 0.1) is 5.56 Å². The van der Waals surface area contributed by atoms with Crippen molar-refractivity contribution in [2.75, 3.05) is 0 Å². The lowest BCUT2D eigenvalue weighted by Gasteiger charge is -2.03. The Morgan fingerprint density at radius 2 is 1.47 bits per heavy atom. The molecule has 2 N–H and O–H groups in total. The molecule has 72 valence electrons. The number of phenols is 2. The van der Waals surface area contributed by atoms with Crippen LogP contribution in [-0.4, -0.2) is 10.2 Å². The average Bonchev–Trinajstić information content (AvgIpc) is 2.18. The van der Waals surface area contributed by atoms with Crippen LogP contribution in [0.3, 0.4) is 0 Å². The molecule has 0 radical (unpaired) electrons. The molecule has 0 saturated heterocycles. The number of aromatic hydroxyl groups is 2. The quantitative estimate of drug-likeness (QED) is 0.613. The average molecular weight is 198 g/mol. The van der Waals surface area contributed by atoms with Gasteiger partial charge < -0.3 is 10.2 Å². The molecule has 0 spiro atoms. The lowest BCUT2D eigenvalue weighted by atomic mass is 10.0. The minimum absolute atomic E-state index is 0.0556. The fourth-order valence-corrected chi connectivity index (χ4v) is 1.13. The predicted molar refractivity (Wildman–Crippen MR) is 51.8 cm³/mol. The van der Waals surface area contributed by atoms with Gasteiger partial charge in [-0.15, -0.1) is 5.92 Å². The molecule has 0 aliphatic rings. The fraction of sp³-hybridized carbons (Fsp3) is 0.0909. The lowest BCUT2D eigenvalue weighted by Crippen LogP contribution is -1.91. The van der Waals surface area contributed by atoms with Gasteiger partial charge in [0.2, 0.25) is 0 Å². The molecular weight excluding hydrogens is 192 g/mol. The first-order valence-electron chi connectivity index (χ1n) is 3.97. The number of benzene rings is 1. The summed E-state index contributed by atoms with van der Waals surface area (Å²) < 4.78 is 0. The minimum atomic E-state index is -0.383. The van der Waals surface area contributed by atoms with Gasteiger partial charge in [-0.3, -0.25) is 0 Å². The normalized spacial score (nSPS) is 8.20. The number of phenolic OH excluding ortho intramolecular Hbond substituents is 2. The van der Waals surface area contributed by atoms with Crippen molar-refractivity contribution >= 4 is 0 Å². The summed E-state index contributed by atoms with van der Waals surface area (Å²) in [6, 6.07) is 4.43. The predicted octanol–water partition coefficient (Wildman–Crippen LogP) is 1.21. The molecule has 0 bridgehead atoms. The molecule has 4 heteroatoms. The minimum Gasteiger partial charge on any atom is -0.506 e. The Kier molecular flexibility index (Phi) is 2.82. The maximum Gasteiger partial charge on any atom is 0.138 e. The Bertz CT molecular complexity index is 513. The van der Waals surface area contributed by atoms with Gasteiger partial charge in [-0.05, 0) is 6.92 Å². The summed E-state index contributed by atoms with van der Waals surface area (Å²) in [6.45, 7) is 1.53. The molecule has 4 nitrogen and oxygen atoms in total. The van der Waals surface area contributed by atoms with E-state index in [9.17, 15) is 10.2 Å². The van der Waals surface area contributed by atoms with Crippen LogP contribution < -0.4 is 0 Å². The van der Waals surface area contributed by atoms with Gasteiger partial charge in [0.1, 0.15) is 34.8 Å². The maximum absolute atomic E-state index is 9.36. The van der Waals surface area contributed by atoms with Crippen LogP contribution in [0, 0.1) is 34.5 Å². The van der Waals surface area contributed by atoms with E-state index in [1.807, 2.05) is 0 Å². The molecule has 0 saturated carbocycles. The second kappa shape index (κ2) is 4.05. The van der Waals surface area contributed by atoms with Gasteiger partial charge in [0.15, 0.2) is 0 Å². The van der Waals surface area contributed by atoms with Crippen LogP contribution in [-0.2, 0) is 0 Å². The van der Waals surface area contributed by atoms with Gasteiger partial charge in [-0.2, -0.15) is 10.5 Å². The van der Waals surface area contributed by atoms with Crippen molar-refractivity contribution in [1.82, 2.24) is 0 Å². The summed E-state index contributed by atoms with van der Waals surface area (Å²) in [6.07, 6.45) is 0. The second-order valence-corrected chi connectivity index (χ2v) is 2.64. The Balaban J connectivity index is 3.75. The number of rotatable bonds is 0. The highest BCUT2D eigenvalue weighted by Gasteiger charge is 2.15. The van der Waals surface area contributed by atoms with Gasteiger partial charge in [-0.1, -0.05) is 5.92 Å². The van der Waals surface area contributed by atoms with Crippen molar-refractivity contribution in [1.29, 1.82) is 10.5 Å². The lowest BCUT2D eigenvalue weighted by molar-refractivity contribution is 0.448. The Morgan fingerprint density at radius 3 is 1.80 bits per heavy atom. The van der Waals surface area contributed by atoms with Crippen LogP contribution in [0.5, 0.6) is 11.5 Å². The largest absolute Gasteiger partial charge is 0.506 e. The highest BCUT2D eigenvalue weighted by molar-refractivity contribution is 5.66. The molecule has 0 aliphatic heterocycles. The highest BCUT2D eigenvalue weighted by Crippen LogP contribution is 2.30. The Morgan fingerprint density at radius 1 is 1.00 bits per heavy atom. The van der Waals surface area contributed by atoms with Crippen molar-refractivity contribution in [3.63, 3.8) is 0 Å². The van der Waals surface area contributed by atoms with Gasteiger partial charge in [-0.25, -0.2) is 0 Å². The first kappa shape index (κ1) is 10.4. The zero-order chi connectivity index (χ0) is 11.4. The third-order valence-electron chi connectivity index (χ3n) is 1.76. The third-order valence-corrected chi connectivity index (χ3v) is 1.76. The van der Waals surface area contributed by atoms with E-state index in [0.717, 1.165) is 6.07 Å². The van der Waals surface area contributed by atoms with Gasteiger partial charge in [0, 0.05) is 6.07 Å². The molecule has 1 rings (SSSR count). The first-order chi connectivity index (χ1) is 7.15. The number of hydrogen-bond acceptors (Lipinski definition) is 4. The zero-order valence-electron chi connectivity index (χ0n) is 7.87. The van der Waals surface area contributed by atoms with E-state index >= 15 is 0 Å². The van der Waals surface area contributed by atoms with Crippen LogP contribution in [0.1, 0.15) is 23.6 Å². The van der Waals surface area contributed by atoms with E-state index in [4.69, 9.17) is 10.5 Å². The number of nitriles is 2. The van der Waals surface area contributed by atoms with E-state index in [0.29, 0.717) is 0 Å². The highest BCUT2D eigenvalue weighted by atomic mass is 16.3. The SMILES string of the molecule is CC#Cc1c(C#N)c(O)cc(O)c1C#N. The fourth-order valence-electron chi connectivity index (χ4n) is 1.13. The van der Waals surface area contributed by atoms with Crippen molar-refractivity contribution < 1.29 is 10.2 Å². The summed E-state index contributed by atoms with van der Waals surface area (Å²) in [4.78, 5) is 0. The van der Waals surface area contributed by atoms with Crippen molar-refractivity contribution in [3.8, 4) is 35.5 Å². The van der Waals surface area contributed by atoms with Crippen molar-refractivity contribution in [2.24, 2.45) is 0 Å². The Hall–Kier alpha value is -2.64. The molecule has 0 fully saturated rings. The van der Waals surface area contributed by atoms with E-state index in [2.05, 4.69) is 11.8 Å². The monoisotopic (exact) mass is 198 g/mol. The molecule has 0 aliphatic carbocycles. The summed E-state index contributed by atoms with van der Waals surface area (Å²) >= 11 is 0. The molecule has 1 aromatic rings. The van der Waals surface area contributed by atoms with Crippen LogP contribution >= 0.6 is 0 Å². The van der Waals surface area contributed by atoms with Crippen LogP contribution in [0.4, 0.5) is 0 Å². The topological polar surface area (TPSA) is 88.0 Å². The maximum atomic E-state index is 9.36. The molecular formula is C11H6N2O2. The molecule has 0 atom stereocenters. The molecule has 0 amide bonds. The van der Waals surface area contributed by atoms with Crippen LogP contribution in [0.25, 0.3) is 0 Å². The van der Waals surface area contributed by atoms with Crippen molar-refractivity contribution in [3.05, 3.63) is 22.8 Å². The Labute approximate surface area is 86.6 Å². The van der Waals surface area contributed by atoms with Crippen LogP contribution in [0.2, 0.25) is 0 Å². The standard InChI is InChI=1S/C11H6N2O2/c1-2-3-7-8(5-12)10(14)4-11(15)9(7)6-13/h4,14-15H,1H3. The molecule has 1 aromatic carbocycles. The van der Waals surface area contributed by atoms with Gasteiger partial charge >= 0.3 is 0 Å². The number of nitrogens with zero attached hydrogens (tertiary/aromatic N) is 2. The molecule has 0 unspecified atom stereocenters. The van der Waals surface area contributed by atoms with Gasteiger partial charge in [0.25, 0.3) is 0 Å². The first-order valence-corrected chi connectivity index (χ1v) is 3.97. The number of hydrogen-bond donors (Lipinski definition) is 2. The molecule has 0 aromatic heterocycles. The summed E-state index contributed by atoms with van der Waals surface area (Å²) in [5.41, 5.74) is -0.141. The van der Waals surface area contributed by atoms with E-state index < -0.39 is 0 Å².